The number of nitrogens with zero attached hydrogens (tertiary/aromatic N) is 2. The van der Waals surface area contributed by atoms with E-state index in [4.69, 9.17) is 55.0 Å². The Bertz CT molecular complexity index is 4410. The third-order valence-electron chi connectivity index (χ3n) is 20.4. The monoisotopic (exact) mass is 1750 g/mol. The van der Waals surface area contributed by atoms with E-state index in [1.54, 1.807) is 82.3 Å². The lowest BCUT2D eigenvalue weighted by Crippen LogP contribution is -3.00. The van der Waals surface area contributed by atoms with Gasteiger partial charge in [-0.05, 0) is 165 Å². The minimum absolute atomic E-state index is 0. The first kappa shape index (κ1) is 104. The van der Waals surface area contributed by atoms with E-state index < -0.39 is 157 Å². The number of anilines is 2. The summed E-state index contributed by atoms with van der Waals surface area (Å²) in [6.45, 7) is 17.5. The van der Waals surface area contributed by atoms with Crippen LogP contribution in [0.3, 0.4) is 0 Å². The zero-order chi connectivity index (χ0) is 91.0. The Balaban J connectivity index is 0.0000323. The first-order valence-electron chi connectivity index (χ1n) is 41.7. The maximum Gasteiger partial charge on any atom is 0.363 e. The normalized spacial score (nSPS) is 13.2. The van der Waals surface area contributed by atoms with Gasteiger partial charge in [-0.3, -0.25) is 73.8 Å². The van der Waals surface area contributed by atoms with Crippen LogP contribution in [0.1, 0.15) is 161 Å². The van der Waals surface area contributed by atoms with E-state index >= 15 is 14.4 Å². The summed E-state index contributed by atoms with van der Waals surface area (Å²) >= 11 is 0. The van der Waals surface area contributed by atoms with Gasteiger partial charge in [0.1, 0.15) is 54.4 Å². The number of benzene rings is 4. The van der Waals surface area contributed by atoms with Gasteiger partial charge in [-0.2, -0.15) is 0 Å². The molecule has 680 valence electrons. The molecule has 124 heavy (non-hydrogen) atoms. The standard InChI is InChI=1S/C84H126N24O15.ClH/c1-9-107(10-2)51-31-33-55-65(45-51)123-66-46-52(108(11-3)12-4)32-34-56(66)70(55)53-25-16-17-26-54(53)72(112)99-60(35-37-67(86)109)76(116)100-59(29-21-41-95-83(90)91)75(115)104-63(43-48(5)6)78(118)105-64(44-50-23-14-13-15-24-50)79(119)101-61(36-38-68(87)110)77(117)106-71(49(7)8)80(120)102-57(27-18-19-39-85)73(113)97-47-69(111)98-58(28-20-40-94-82(88)89)74(114)103-62(81(121)122)30-22-42-96-84(92)93;/h13-17,23-26,31-34,45-46,48-49,57-64,71H,9-12,18-22,27-30,35-44,47,85H2,1-8H3,(H26-,86,87,88,89,90,91,92,93,94,95,96,97,98,99,100,101,102,103,104,105,106,109,110,111,112,113,114,115,116,117,118,119,120,121,122);1H/t57-,58-,59-,60-,61-,62-,63-,64-,71-;/m0./s1. The summed E-state index contributed by atoms with van der Waals surface area (Å²) in [6.07, 6.45) is -1.19. The third-order valence-corrected chi connectivity index (χ3v) is 20.4. The maximum atomic E-state index is 15.1. The average molecular weight is 1750 g/mol. The Kier molecular flexibility index (Phi) is 44.5. The number of carboxylic acids is 1. The summed E-state index contributed by atoms with van der Waals surface area (Å²) < 4.78 is 6.73. The van der Waals surface area contributed by atoms with Crippen molar-refractivity contribution in [1.82, 2.24) is 69.1 Å². The fourth-order valence-electron chi connectivity index (χ4n) is 13.8. The lowest BCUT2D eigenvalue weighted by Gasteiger charge is -2.29. The number of hydrogen-bond acceptors (Lipinski definition) is 19. The van der Waals surface area contributed by atoms with E-state index in [0.717, 1.165) is 37.6 Å². The molecule has 5 rings (SSSR count). The van der Waals surface area contributed by atoms with E-state index in [0.29, 0.717) is 45.0 Å². The van der Waals surface area contributed by atoms with Crippen molar-refractivity contribution in [3.8, 4) is 11.1 Å². The average Bonchev–Trinajstić information content (AvgIpc) is 0.743. The molecule has 39 nitrogen and oxygen atoms in total. The quantitative estimate of drug-likeness (QED) is 0.00646. The van der Waals surface area contributed by atoms with Crippen molar-refractivity contribution >= 4 is 128 Å². The van der Waals surface area contributed by atoms with Crippen molar-refractivity contribution in [3.63, 3.8) is 0 Å². The van der Waals surface area contributed by atoms with Crippen molar-refractivity contribution < 1.29 is 84.3 Å². The molecule has 0 fully saturated rings. The van der Waals surface area contributed by atoms with Gasteiger partial charge in [0.05, 0.1) is 29.4 Å². The number of halogens is 1. The number of hydrogen-bond donors (Lipinski definition) is 23. The second-order valence-corrected chi connectivity index (χ2v) is 30.6. The van der Waals surface area contributed by atoms with Crippen LogP contribution in [-0.4, -0.2) is 213 Å². The molecular formula is C84H127ClN24O15. The molecule has 40 heteroatoms. The summed E-state index contributed by atoms with van der Waals surface area (Å²) in [5, 5.41) is 68.0. The summed E-state index contributed by atoms with van der Waals surface area (Å²) in [5.41, 5.74) is 38.2. The van der Waals surface area contributed by atoms with Crippen LogP contribution in [0.25, 0.3) is 33.1 Å². The van der Waals surface area contributed by atoms with Crippen LogP contribution < -0.4 is 126 Å². The predicted molar refractivity (Wildman–Crippen MR) is 470 cm³/mol. The maximum absolute atomic E-state index is 15.1. The van der Waals surface area contributed by atoms with Crippen molar-refractivity contribution in [2.45, 2.75) is 206 Å². The van der Waals surface area contributed by atoms with Crippen LogP contribution in [0, 0.1) is 28.1 Å². The van der Waals surface area contributed by atoms with Crippen molar-refractivity contribution in [1.29, 1.82) is 16.2 Å². The number of nitrogens with one attached hydrogen (secondary N) is 16. The largest absolute Gasteiger partial charge is 1.00 e. The number of carboxylic acid groups (broad SMARTS) is 1. The Labute approximate surface area is 728 Å². The van der Waals surface area contributed by atoms with Gasteiger partial charge in [0, 0.05) is 87.6 Å². The number of amides is 12. The number of nitrogens with two attached hydrogens (primary N) is 6. The molecule has 1 aromatic heterocycles. The van der Waals surface area contributed by atoms with Gasteiger partial charge in [-0.1, -0.05) is 76.2 Å². The first-order valence-corrected chi connectivity index (χ1v) is 41.7. The molecule has 5 aromatic rings. The number of carbonyl (C=O) groups excluding carboxylic acids is 12. The van der Waals surface area contributed by atoms with Gasteiger partial charge in [-0.15, -0.1) is 0 Å². The Morgan fingerprint density at radius 1 is 0.435 bits per heavy atom. The van der Waals surface area contributed by atoms with E-state index in [2.05, 4.69) is 107 Å². The van der Waals surface area contributed by atoms with Gasteiger partial charge < -0.3 is 131 Å². The molecule has 0 bridgehead atoms. The molecule has 0 aliphatic carbocycles. The van der Waals surface area contributed by atoms with E-state index in [9.17, 15) is 53.1 Å². The highest BCUT2D eigenvalue weighted by molar-refractivity contribution is 6.14. The second-order valence-electron chi connectivity index (χ2n) is 30.6. The van der Waals surface area contributed by atoms with E-state index in [-0.39, 0.29) is 145 Å². The molecule has 0 saturated carbocycles. The first-order chi connectivity index (χ1) is 58.5. The molecule has 0 saturated heterocycles. The van der Waals surface area contributed by atoms with Gasteiger partial charge in [0.15, 0.2) is 17.9 Å². The molecule has 0 aliphatic rings. The zero-order valence-electron chi connectivity index (χ0n) is 71.9. The van der Waals surface area contributed by atoms with Crippen LogP contribution in [0.4, 0.5) is 11.4 Å². The van der Waals surface area contributed by atoms with Gasteiger partial charge in [-0.25, -0.2) is 9.21 Å². The fourth-order valence-corrected chi connectivity index (χ4v) is 13.8. The third kappa shape index (κ3) is 34.3. The lowest BCUT2D eigenvalue weighted by molar-refractivity contribution is -0.142. The highest BCUT2D eigenvalue weighted by Gasteiger charge is 2.38. The van der Waals surface area contributed by atoms with Crippen LogP contribution in [0.2, 0.25) is 0 Å². The molecular weight excluding hydrogens is 1620 g/mol. The van der Waals surface area contributed by atoms with E-state index in [1.807, 2.05) is 36.4 Å². The number of unbranched alkanes of at least 4 members (excludes halogenated alkanes) is 1. The number of fused-ring (bicyclic) bond motifs is 2. The summed E-state index contributed by atoms with van der Waals surface area (Å²) in [5.74, 6) is -14.2. The summed E-state index contributed by atoms with van der Waals surface area (Å²) in [4.78, 5) is 187. The molecule has 0 unspecified atom stereocenters. The highest BCUT2D eigenvalue weighted by Crippen LogP contribution is 2.41. The number of primary amides is 2. The second kappa shape index (κ2) is 53.3. The highest BCUT2D eigenvalue weighted by atomic mass is 35.5. The van der Waals surface area contributed by atoms with Crippen LogP contribution in [0.5, 0.6) is 0 Å². The SMILES string of the molecule is CCN(CC)c1ccc2c(-c3ccccc3C(=O)N[C@@H](CCC(N)=O)C(=O)N[C@@H](CCCNC(=N)N)C(=O)N[C@@H](CC(C)C)C(=O)N[C@@H](Cc3ccccc3)C(=O)N[C@@H](CCC(N)=O)C(=O)N[C@H](C(=O)N[C@@H](CCCCN)C(=O)NCC(=O)N[C@@H](CCCNC(=N)N)C(=O)N[C@@H](CCCNC(=N)N)C(=O)O)C(C)C)c3ccc(N(CC)CC)cc3[o+]c2c1.[Cl-]. The minimum Gasteiger partial charge on any atom is -1.00 e. The minimum atomic E-state index is -1.64. The molecule has 4 aromatic carbocycles. The van der Waals surface area contributed by atoms with E-state index in [1.165, 1.54) is 0 Å². The molecule has 1 heterocycles. The zero-order valence-corrected chi connectivity index (χ0v) is 72.6. The number of carbonyl (C=O) groups is 13. The van der Waals surface area contributed by atoms with Crippen molar-refractivity contribution in [2.75, 3.05) is 68.7 Å². The van der Waals surface area contributed by atoms with Gasteiger partial charge in [0.25, 0.3) is 5.91 Å². The van der Waals surface area contributed by atoms with Crippen LogP contribution in [0.15, 0.2) is 95.4 Å². The van der Waals surface area contributed by atoms with Crippen LogP contribution >= 0.6 is 0 Å². The Hall–Kier alpha value is -12.7. The van der Waals surface area contributed by atoms with Crippen molar-refractivity contribution in [3.05, 3.63) is 102 Å². The Morgan fingerprint density at radius 2 is 0.839 bits per heavy atom. The lowest BCUT2D eigenvalue weighted by atomic mass is 9.92. The Morgan fingerprint density at radius 3 is 1.31 bits per heavy atom. The van der Waals surface area contributed by atoms with Gasteiger partial charge >= 0.3 is 17.1 Å². The molecule has 9 atom stereocenters. The molecule has 29 N–H and O–H groups in total. The number of aliphatic carboxylic acids is 1. The molecule has 0 aliphatic heterocycles. The summed E-state index contributed by atoms with van der Waals surface area (Å²) in [7, 11) is 0. The smallest absolute Gasteiger partial charge is 0.363 e. The number of guanidine groups is 3. The topological polar surface area (TPSA) is 644 Å². The van der Waals surface area contributed by atoms with Gasteiger partial charge in [0.2, 0.25) is 65.0 Å². The number of rotatable bonds is 55. The summed E-state index contributed by atoms with van der Waals surface area (Å²) in [6, 6.07) is 13.8. The molecule has 0 spiro atoms. The molecule has 12 amide bonds. The molecule has 0 radical (unpaired) electrons. The predicted octanol–water partition coefficient (Wildman–Crippen LogP) is -2.20. The van der Waals surface area contributed by atoms with Crippen LogP contribution in [-0.2, 0) is 64.0 Å². The fraction of sp³-hybridized carbons (Fsp3) is 0.512. The van der Waals surface area contributed by atoms with Crippen molar-refractivity contribution in [2.24, 2.45) is 46.2 Å².